The topological polar surface area (TPSA) is 32.7 Å². The Kier molecular flexibility index (Phi) is 2.57. The summed E-state index contributed by atoms with van der Waals surface area (Å²) in [6.07, 6.45) is 0. The van der Waals surface area contributed by atoms with Gasteiger partial charge in [0.25, 0.3) is 0 Å². The van der Waals surface area contributed by atoms with Crippen LogP contribution in [0.2, 0.25) is 0 Å². The van der Waals surface area contributed by atoms with Gasteiger partial charge in [-0.1, -0.05) is 13.8 Å². The van der Waals surface area contributed by atoms with Crippen LogP contribution in [0.15, 0.2) is 23.2 Å². The van der Waals surface area contributed by atoms with E-state index in [-0.39, 0.29) is 11.3 Å². The maximum Gasteiger partial charge on any atom is 0.223 e. The monoisotopic (exact) mass is 230 g/mol. The Hall–Kier alpha value is -1.64. The normalized spacial score (nSPS) is 16.4. The number of hydrogen-bond donors (Lipinski definition) is 0. The van der Waals surface area contributed by atoms with Gasteiger partial charge in [0.2, 0.25) is 5.91 Å². The predicted octanol–water partition coefficient (Wildman–Crippen LogP) is 3.05. The van der Waals surface area contributed by atoms with E-state index < -0.39 is 0 Å². The number of benzene rings is 1. The van der Waals surface area contributed by atoms with Crippen molar-refractivity contribution in [2.45, 2.75) is 33.1 Å². The summed E-state index contributed by atoms with van der Waals surface area (Å²) < 4.78 is 0. The lowest BCUT2D eigenvalue weighted by Gasteiger charge is -2.22. The minimum Gasteiger partial charge on any atom is -0.316 e. The van der Waals surface area contributed by atoms with Gasteiger partial charge in [-0.15, -0.1) is 0 Å². The molecule has 1 heterocycles. The van der Waals surface area contributed by atoms with E-state index >= 15 is 0 Å². The van der Waals surface area contributed by atoms with Crippen molar-refractivity contribution in [1.29, 1.82) is 0 Å². The molecule has 3 heteroatoms. The number of carbonyl (C=O) groups is 1. The Morgan fingerprint density at radius 1 is 1.35 bits per heavy atom. The van der Waals surface area contributed by atoms with Crippen molar-refractivity contribution in [2.75, 3.05) is 11.9 Å². The third-order valence-electron chi connectivity index (χ3n) is 3.71. The number of amides is 1. The third kappa shape index (κ3) is 1.75. The van der Waals surface area contributed by atoms with E-state index in [0.717, 1.165) is 17.1 Å². The highest BCUT2D eigenvalue weighted by atomic mass is 16.2. The summed E-state index contributed by atoms with van der Waals surface area (Å²) in [6.45, 7) is 7.94. The lowest BCUT2D eigenvalue weighted by Crippen LogP contribution is -2.25. The fourth-order valence-electron chi connectivity index (χ4n) is 2.03. The second-order valence-electron chi connectivity index (χ2n) is 5.10. The zero-order valence-corrected chi connectivity index (χ0v) is 11.0. The van der Waals surface area contributed by atoms with E-state index in [1.165, 1.54) is 5.56 Å². The van der Waals surface area contributed by atoms with Crippen molar-refractivity contribution in [3.05, 3.63) is 23.8 Å². The molecule has 1 aromatic rings. The summed E-state index contributed by atoms with van der Waals surface area (Å²) in [6, 6.07) is 6.00. The number of fused-ring (bicyclic) bond motifs is 1. The van der Waals surface area contributed by atoms with Gasteiger partial charge in [-0.05, 0) is 30.7 Å². The molecule has 3 nitrogen and oxygen atoms in total. The van der Waals surface area contributed by atoms with Crippen LogP contribution in [-0.4, -0.2) is 18.7 Å². The first-order valence-corrected chi connectivity index (χ1v) is 5.78. The zero-order chi connectivity index (χ0) is 12.8. The molecule has 0 N–H and O–H groups in total. The molecule has 0 saturated carbocycles. The van der Waals surface area contributed by atoms with Gasteiger partial charge >= 0.3 is 0 Å². The fraction of sp³-hybridized carbons (Fsp3) is 0.429. The van der Waals surface area contributed by atoms with Crippen LogP contribution in [0.25, 0.3) is 0 Å². The van der Waals surface area contributed by atoms with Crippen LogP contribution in [0.3, 0.4) is 0 Å². The van der Waals surface area contributed by atoms with Crippen LogP contribution in [-0.2, 0) is 10.2 Å². The van der Waals surface area contributed by atoms with Gasteiger partial charge in [-0.3, -0.25) is 9.79 Å². The molecule has 90 valence electrons. The number of rotatable bonds is 1. The molecule has 1 amide bonds. The van der Waals surface area contributed by atoms with Crippen molar-refractivity contribution in [1.82, 2.24) is 0 Å². The highest BCUT2D eigenvalue weighted by Gasteiger charge is 2.32. The van der Waals surface area contributed by atoms with Crippen LogP contribution in [0.4, 0.5) is 11.4 Å². The van der Waals surface area contributed by atoms with Crippen LogP contribution >= 0.6 is 0 Å². The summed E-state index contributed by atoms with van der Waals surface area (Å²) in [5, 5.41) is 0. The minimum absolute atomic E-state index is 0.0387. The molecule has 1 aliphatic rings. The first-order valence-electron chi connectivity index (χ1n) is 5.78. The highest BCUT2D eigenvalue weighted by Crippen LogP contribution is 2.41. The molecule has 17 heavy (non-hydrogen) atoms. The van der Waals surface area contributed by atoms with Gasteiger partial charge in [0.15, 0.2) is 0 Å². The molecule has 0 fully saturated rings. The number of nitrogens with zero attached hydrogens (tertiary/aromatic N) is 2. The highest BCUT2D eigenvalue weighted by molar-refractivity contribution is 6.00. The summed E-state index contributed by atoms with van der Waals surface area (Å²) in [5.41, 5.74) is 4.22. The van der Waals surface area contributed by atoms with Gasteiger partial charge in [0.05, 0.1) is 5.69 Å². The first-order chi connectivity index (χ1) is 7.84. The molecule has 0 radical (unpaired) electrons. The summed E-state index contributed by atoms with van der Waals surface area (Å²) in [5.74, 6) is 0.0402. The maximum atomic E-state index is 11.4. The second kappa shape index (κ2) is 3.69. The van der Waals surface area contributed by atoms with E-state index in [4.69, 9.17) is 0 Å². The Labute approximate surface area is 102 Å². The smallest absolute Gasteiger partial charge is 0.223 e. The second-order valence-corrected chi connectivity index (χ2v) is 5.10. The third-order valence-corrected chi connectivity index (χ3v) is 3.71. The van der Waals surface area contributed by atoms with Crippen LogP contribution in [0.5, 0.6) is 0 Å². The first kappa shape index (κ1) is 11.8. The molecular formula is C14H18N2O. The molecule has 2 rings (SSSR count). The molecule has 0 saturated heterocycles. The fourth-order valence-corrected chi connectivity index (χ4v) is 2.03. The zero-order valence-electron chi connectivity index (χ0n) is 11.0. The van der Waals surface area contributed by atoms with E-state index in [1.807, 2.05) is 19.1 Å². The molecule has 0 aliphatic carbocycles. The Morgan fingerprint density at radius 3 is 2.59 bits per heavy atom. The molecule has 0 atom stereocenters. The van der Waals surface area contributed by atoms with Crippen LogP contribution in [0, 0.1) is 0 Å². The van der Waals surface area contributed by atoms with Crippen molar-refractivity contribution in [3.8, 4) is 0 Å². The minimum atomic E-state index is -0.0387. The molecule has 0 aromatic heterocycles. The number of carbonyl (C=O) groups excluding carboxylic acids is 1. The van der Waals surface area contributed by atoms with E-state index in [9.17, 15) is 4.79 Å². The number of aliphatic imine (C=N–C) groups is 1. The Balaban J connectivity index is 2.49. The standard InChI is InChI=1S/C14H18N2O/c1-9-14(3,4)12-8-11(16(5)10(2)17)6-7-13(12)15-9/h6-8H,1-5H3. The average molecular weight is 230 g/mol. The molecule has 0 unspecified atom stereocenters. The largest absolute Gasteiger partial charge is 0.316 e. The Bertz CT molecular complexity index is 515. The SMILES string of the molecule is CC(=O)N(C)c1ccc2c(c1)C(C)(C)C(C)=N2. The van der Waals surface area contributed by atoms with Crippen molar-refractivity contribution >= 4 is 23.0 Å². The van der Waals surface area contributed by atoms with Crippen molar-refractivity contribution in [2.24, 2.45) is 4.99 Å². The summed E-state index contributed by atoms with van der Waals surface area (Å²) in [7, 11) is 1.79. The average Bonchev–Trinajstić information content (AvgIpc) is 2.49. The summed E-state index contributed by atoms with van der Waals surface area (Å²) in [4.78, 5) is 17.6. The van der Waals surface area contributed by atoms with Gasteiger partial charge in [-0.2, -0.15) is 0 Å². The van der Waals surface area contributed by atoms with Gasteiger partial charge in [0, 0.05) is 30.8 Å². The maximum absolute atomic E-state index is 11.4. The molecule has 0 bridgehead atoms. The Morgan fingerprint density at radius 2 is 2.00 bits per heavy atom. The van der Waals surface area contributed by atoms with Crippen molar-refractivity contribution in [3.63, 3.8) is 0 Å². The number of hydrogen-bond acceptors (Lipinski definition) is 2. The molecule has 0 spiro atoms. The quantitative estimate of drug-likeness (QED) is 0.729. The lowest BCUT2D eigenvalue weighted by molar-refractivity contribution is -0.116. The van der Waals surface area contributed by atoms with E-state index in [0.29, 0.717) is 0 Å². The van der Waals surface area contributed by atoms with Gasteiger partial charge in [0.1, 0.15) is 0 Å². The molecular weight excluding hydrogens is 212 g/mol. The summed E-state index contributed by atoms with van der Waals surface area (Å²) >= 11 is 0. The van der Waals surface area contributed by atoms with Gasteiger partial charge < -0.3 is 4.90 Å². The van der Waals surface area contributed by atoms with E-state index in [2.05, 4.69) is 24.9 Å². The number of anilines is 1. The lowest BCUT2D eigenvalue weighted by atomic mass is 9.82. The molecule has 1 aliphatic heterocycles. The van der Waals surface area contributed by atoms with Crippen LogP contribution < -0.4 is 4.90 Å². The van der Waals surface area contributed by atoms with Crippen molar-refractivity contribution < 1.29 is 4.79 Å². The predicted molar refractivity (Wildman–Crippen MR) is 71.3 cm³/mol. The van der Waals surface area contributed by atoms with Gasteiger partial charge in [-0.25, -0.2) is 0 Å². The van der Waals surface area contributed by atoms with Crippen LogP contribution in [0.1, 0.15) is 33.3 Å². The van der Waals surface area contributed by atoms with E-state index in [1.54, 1.807) is 18.9 Å². The molecule has 1 aromatic carbocycles.